The van der Waals surface area contributed by atoms with Crippen LogP contribution < -0.4 is 9.80 Å². The standard InChI is InChI=1S/C65H51N5/c1-65(2,3)54-44-59(69(55-29-15-7-16-30-55)57-39-35-48(36-40-57)46-21-9-4-10-22-46)61(53-34-33-47-23-19-20-28-52(47)43-53)60(45-54)70(56-31-17-8-18-32-56)58-41-37-51(38-42-58)64-67-62(49-24-11-5-12-25-49)66-63(68-64)50-26-13-6-14-27-50/h4-45H,1-3H3. The molecule has 0 fully saturated rings. The average molecular weight is 902 g/mol. The molecule has 0 amide bonds. The summed E-state index contributed by atoms with van der Waals surface area (Å²) in [4.78, 5) is 20.0. The number of para-hydroxylation sites is 2. The molecular formula is C65H51N5. The minimum Gasteiger partial charge on any atom is -0.310 e. The normalized spacial score (nSPS) is 11.4. The van der Waals surface area contributed by atoms with E-state index in [-0.39, 0.29) is 5.41 Å². The first-order valence-corrected chi connectivity index (χ1v) is 23.8. The fourth-order valence-corrected chi connectivity index (χ4v) is 9.18. The van der Waals surface area contributed by atoms with Crippen molar-refractivity contribution in [2.75, 3.05) is 9.80 Å². The van der Waals surface area contributed by atoms with Crippen molar-refractivity contribution >= 4 is 44.9 Å². The molecule has 0 aliphatic heterocycles. The number of benzene rings is 10. The Hall–Kier alpha value is -8.93. The third-order valence-electron chi connectivity index (χ3n) is 12.8. The van der Waals surface area contributed by atoms with Crippen LogP contribution in [0.3, 0.4) is 0 Å². The molecule has 5 nitrogen and oxygen atoms in total. The Morgan fingerprint density at radius 2 is 0.614 bits per heavy atom. The van der Waals surface area contributed by atoms with E-state index in [1.54, 1.807) is 0 Å². The predicted molar refractivity (Wildman–Crippen MR) is 293 cm³/mol. The van der Waals surface area contributed by atoms with E-state index in [1.807, 2.05) is 60.7 Å². The van der Waals surface area contributed by atoms with E-state index in [0.29, 0.717) is 17.5 Å². The van der Waals surface area contributed by atoms with Gasteiger partial charge in [-0.15, -0.1) is 0 Å². The second kappa shape index (κ2) is 19.0. The molecule has 0 aliphatic carbocycles. The number of anilines is 6. The van der Waals surface area contributed by atoms with Crippen LogP contribution in [0, 0.1) is 0 Å². The predicted octanol–water partition coefficient (Wildman–Crippen LogP) is 17.6. The Kier molecular flexibility index (Phi) is 11.8. The first kappa shape index (κ1) is 43.6. The molecule has 0 aliphatic rings. The van der Waals surface area contributed by atoms with Crippen LogP contribution in [0.25, 0.3) is 67.2 Å². The molecule has 1 aromatic heterocycles. The number of hydrogen-bond acceptors (Lipinski definition) is 5. The van der Waals surface area contributed by atoms with Gasteiger partial charge in [0.25, 0.3) is 0 Å². The Bertz CT molecular complexity index is 3480. The highest BCUT2D eigenvalue weighted by molar-refractivity contribution is 6.01. The molecule has 0 bridgehead atoms. The first-order chi connectivity index (χ1) is 34.3. The minimum absolute atomic E-state index is 0.219. The minimum atomic E-state index is -0.219. The van der Waals surface area contributed by atoms with Crippen LogP contribution in [0.4, 0.5) is 34.1 Å². The summed E-state index contributed by atoms with van der Waals surface area (Å²) in [5, 5.41) is 2.37. The fraction of sp³-hybridized carbons (Fsp3) is 0.0615. The molecule has 0 spiro atoms. The molecule has 1 heterocycles. The van der Waals surface area contributed by atoms with Gasteiger partial charge in [0.1, 0.15) is 0 Å². The van der Waals surface area contributed by atoms with Crippen molar-refractivity contribution in [2.24, 2.45) is 0 Å². The third-order valence-corrected chi connectivity index (χ3v) is 12.8. The van der Waals surface area contributed by atoms with Crippen molar-refractivity contribution < 1.29 is 0 Å². The number of aromatic nitrogens is 3. The first-order valence-electron chi connectivity index (χ1n) is 23.8. The van der Waals surface area contributed by atoms with Crippen LogP contribution in [0.5, 0.6) is 0 Å². The molecule has 0 unspecified atom stereocenters. The summed E-state index contributed by atoms with van der Waals surface area (Å²) in [6.45, 7) is 6.91. The summed E-state index contributed by atoms with van der Waals surface area (Å²) in [6, 6.07) is 90.3. The van der Waals surface area contributed by atoms with Gasteiger partial charge in [-0.2, -0.15) is 0 Å². The zero-order valence-electron chi connectivity index (χ0n) is 39.5. The zero-order chi connectivity index (χ0) is 47.4. The van der Waals surface area contributed by atoms with Gasteiger partial charge in [-0.3, -0.25) is 0 Å². The Morgan fingerprint density at radius 1 is 0.286 bits per heavy atom. The number of hydrogen-bond donors (Lipinski definition) is 0. The Balaban J connectivity index is 1.15. The van der Waals surface area contributed by atoms with Gasteiger partial charge < -0.3 is 9.80 Å². The monoisotopic (exact) mass is 901 g/mol. The van der Waals surface area contributed by atoms with E-state index >= 15 is 0 Å². The lowest BCUT2D eigenvalue weighted by Gasteiger charge is -2.35. The molecule has 0 saturated heterocycles. The van der Waals surface area contributed by atoms with Crippen molar-refractivity contribution in [3.05, 3.63) is 260 Å². The van der Waals surface area contributed by atoms with Gasteiger partial charge in [0.15, 0.2) is 17.5 Å². The van der Waals surface area contributed by atoms with Crippen molar-refractivity contribution in [1.82, 2.24) is 15.0 Å². The fourth-order valence-electron chi connectivity index (χ4n) is 9.18. The Labute approximate surface area is 410 Å². The molecule has 5 heteroatoms. The van der Waals surface area contributed by atoms with E-state index in [9.17, 15) is 0 Å². The third kappa shape index (κ3) is 8.96. The molecule has 0 atom stereocenters. The van der Waals surface area contributed by atoms with Gasteiger partial charge in [-0.05, 0) is 117 Å². The molecule has 11 aromatic rings. The largest absolute Gasteiger partial charge is 0.310 e. The van der Waals surface area contributed by atoms with Gasteiger partial charge in [-0.1, -0.05) is 197 Å². The summed E-state index contributed by atoms with van der Waals surface area (Å²) in [5.74, 6) is 1.86. The molecule has 336 valence electrons. The highest BCUT2D eigenvalue weighted by Crippen LogP contribution is 2.51. The highest BCUT2D eigenvalue weighted by atomic mass is 15.2. The van der Waals surface area contributed by atoms with Crippen LogP contribution in [0.15, 0.2) is 255 Å². The molecule has 10 aromatic carbocycles. The van der Waals surface area contributed by atoms with Gasteiger partial charge in [0.2, 0.25) is 0 Å². The number of fused-ring (bicyclic) bond motifs is 1. The smallest absolute Gasteiger partial charge is 0.164 e. The van der Waals surface area contributed by atoms with E-state index in [1.165, 1.54) is 27.5 Å². The molecular weight excluding hydrogens is 851 g/mol. The van der Waals surface area contributed by atoms with Crippen molar-refractivity contribution in [3.8, 4) is 56.4 Å². The summed E-state index contributed by atoms with van der Waals surface area (Å²) < 4.78 is 0. The second-order valence-corrected chi connectivity index (χ2v) is 18.5. The summed E-state index contributed by atoms with van der Waals surface area (Å²) in [7, 11) is 0. The maximum Gasteiger partial charge on any atom is 0.164 e. The van der Waals surface area contributed by atoms with E-state index in [4.69, 9.17) is 15.0 Å². The van der Waals surface area contributed by atoms with Gasteiger partial charge in [0.05, 0.1) is 11.4 Å². The second-order valence-electron chi connectivity index (χ2n) is 18.5. The SMILES string of the molecule is CC(C)(C)c1cc(N(c2ccccc2)c2ccc(-c3ccccc3)cc2)c(-c2ccc3ccccc3c2)c(N(c2ccccc2)c2ccc(-c3nc(-c4ccccc4)nc(-c4ccccc4)n3)cc2)c1. The maximum atomic E-state index is 5.08. The summed E-state index contributed by atoms with van der Waals surface area (Å²) >= 11 is 0. The Morgan fingerprint density at radius 3 is 1.06 bits per heavy atom. The van der Waals surface area contributed by atoms with Gasteiger partial charge in [-0.25, -0.2) is 15.0 Å². The van der Waals surface area contributed by atoms with Crippen LogP contribution >= 0.6 is 0 Å². The zero-order valence-corrected chi connectivity index (χ0v) is 39.5. The summed E-state index contributed by atoms with van der Waals surface area (Å²) in [5.41, 5.74) is 14.6. The van der Waals surface area contributed by atoms with Crippen LogP contribution in [-0.2, 0) is 5.41 Å². The average Bonchev–Trinajstić information content (AvgIpc) is 3.42. The van der Waals surface area contributed by atoms with Gasteiger partial charge >= 0.3 is 0 Å². The van der Waals surface area contributed by atoms with E-state index in [2.05, 4.69) is 225 Å². The van der Waals surface area contributed by atoms with Crippen LogP contribution in [0.2, 0.25) is 0 Å². The number of nitrogens with zero attached hydrogens (tertiary/aromatic N) is 5. The number of rotatable bonds is 11. The lowest BCUT2D eigenvalue weighted by Crippen LogP contribution is -2.19. The quantitative estimate of drug-likeness (QED) is 0.129. The molecule has 11 rings (SSSR count). The molecule has 0 radical (unpaired) electrons. The van der Waals surface area contributed by atoms with Crippen molar-refractivity contribution in [3.63, 3.8) is 0 Å². The van der Waals surface area contributed by atoms with Crippen molar-refractivity contribution in [1.29, 1.82) is 0 Å². The molecule has 0 N–H and O–H groups in total. The van der Waals surface area contributed by atoms with Crippen LogP contribution in [0.1, 0.15) is 26.3 Å². The van der Waals surface area contributed by atoms with Crippen LogP contribution in [-0.4, -0.2) is 15.0 Å². The topological polar surface area (TPSA) is 45.2 Å². The van der Waals surface area contributed by atoms with Crippen molar-refractivity contribution in [2.45, 2.75) is 26.2 Å². The highest BCUT2D eigenvalue weighted by Gasteiger charge is 2.29. The van der Waals surface area contributed by atoms with E-state index < -0.39 is 0 Å². The summed E-state index contributed by atoms with van der Waals surface area (Å²) in [6.07, 6.45) is 0. The maximum absolute atomic E-state index is 5.08. The lowest BCUT2D eigenvalue weighted by atomic mass is 9.83. The van der Waals surface area contributed by atoms with E-state index in [0.717, 1.165) is 61.9 Å². The van der Waals surface area contributed by atoms with Gasteiger partial charge in [0, 0.05) is 45.0 Å². The lowest BCUT2D eigenvalue weighted by molar-refractivity contribution is 0.590. The molecule has 70 heavy (non-hydrogen) atoms. The molecule has 0 saturated carbocycles.